The molecule has 2 heteroatoms. The Morgan fingerprint density at radius 3 is 3.12 bits per heavy atom. The van der Waals surface area contributed by atoms with Crippen LogP contribution in [0, 0.1) is 12.5 Å². The molecule has 0 saturated carbocycles. The molecule has 0 radical (unpaired) electrons. The maximum Gasteiger partial charge on any atom is 0.136 e. The highest BCUT2D eigenvalue weighted by atomic mass is 16.5. The second kappa shape index (κ2) is 2.58. The minimum atomic E-state index is 0.153. The van der Waals surface area contributed by atoms with Crippen LogP contribution in [0.25, 0.3) is 0 Å². The lowest BCUT2D eigenvalue weighted by Crippen LogP contribution is -2.07. The SMILES string of the molecule is C#COC1CCOC1. The Kier molecular flexibility index (Phi) is 1.76. The van der Waals surface area contributed by atoms with Crippen LogP contribution in [-0.4, -0.2) is 19.3 Å². The summed E-state index contributed by atoms with van der Waals surface area (Å²) in [5.74, 6) is 0. The zero-order chi connectivity index (χ0) is 5.82. The van der Waals surface area contributed by atoms with Crippen LogP contribution in [0.1, 0.15) is 6.42 Å². The first-order valence-electron chi connectivity index (χ1n) is 2.62. The summed E-state index contributed by atoms with van der Waals surface area (Å²) in [5, 5.41) is 0. The van der Waals surface area contributed by atoms with Gasteiger partial charge in [0.2, 0.25) is 0 Å². The largest absolute Gasteiger partial charge is 0.441 e. The van der Waals surface area contributed by atoms with Gasteiger partial charge in [0.1, 0.15) is 12.2 Å². The van der Waals surface area contributed by atoms with E-state index in [4.69, 9.17) is 15.9 Å². The molecule has 1 aliphatic heterocycles. The third-order valence-corrected chi connectivity index (χ3v) is 1.12. The summed E-state index contributed by atoms with van der Waals surface area (Å²) in [4.78, 5) is 0. The molecule has 0 N–H and O–H groups in total. The highest BCUT2D eigenvalue weighted by molar-refractivity contribution is 4.74. The summed E-state index contributed by atoms with van der Waals surface area (Å²) < 4.78 is 9.79. The van der Waals surface area contributed by atoms with Crippen LogP contribution in [-0.2, 0) is 9.47 Å². The van der Waals surface area contributed by atoms with Gasteiger partial charge in [-0.05, 0) is 0 Å². The van der Waals surface area contributed by atoms with Gasteiger partial charge in [0.25, 0.3) is 0 Å². The number of hydrogen-bond donors (Lipinski definition) is 0. The molecule has 1 rings (SSSR count). The Balaban J connectivity index is 2.17. The van der Waals surface area contributed by atoms with Crippen molar-refractivity contribution in [2.75, 3.05) is 13.2 Å². The standard InChI is InChI=1S/C6H8O2/c1-2-8-6-3-4-7-5-6/h1,6H,3-5H2. The molecule has 1 unspecified atom stereocenters. The van der Waals surface area contributed by atoms with Crippen molar-refractivity contribution >= 4 is 0 Å². The highest BCUT2D eigenvalue weighted by Gasteiger charge is 2.14. The van der Waals surface area contributed by atoms with E-state index in [1.807, 2.05) is 0 Å². The second-order valence-electron chi connectivity index (χ2n) is 1.72. The number of hydrogen-bond acceptors (Lipinski definition) is 2. The van der Waals surface area contributed by atoms with Gasteiger partial charge < -0.3 is 9.47 Å². The molecule has 0 aliphatic carbocycles. The zero-order valence-corrected chi connectivity index (χ0v) is 4.59. The van der Waals surface area contributed by atoms with Gasteiger partial charge in [-0.3, -0.25) is 0 Å². The average molecular weight is 112 g/mol. The molecule has 0 amide bonds. The lowest BCUT2D eigenvalue weighted by molar-refractivity contribution is 0.123. The van der Waals surface area contributed by atoms with Crippen LogP contribution < -0.4 is 0 Å². The molecule has 0 aromatic heterocycles. The van der Waals surface area contributed by atoms with E-state index in [9.17, 15) is 0 Å². The van der Waals surface area contributed by atoms with Crippen molar-refractivity contribution < 1.29 is 9.47 Å². The highest BCUT2D eigenvalue weighted by Crippen LogP contribution is 2.06. The average Bonchev–Trinajstić information content (AvgIpc) is 2.19. The van der Waals surface area contributed by atoms with Crippen molar-refractivity contribution in [2.45, 2.75) is 12.5 Å². The van der Waals surface area contributed by atoms with E-state index in [1.54, 1.807) is 0 Å². The second-order valence-corrected chi connectivity index (χ2v) is 1.72. The number of rotatable bonds is 1. The van der Waals surface area contributed by atoms with Gasteiger partial charge in [-0.15, -0.1) is 0 Å². The van der Waals surface area contributed by atoms with Crippen LogP contribution in [0.3, 0.4) is 0 Å². The maximum atomic E-state index is 4.99. The molecule has 1 heterocycles. The molecule has 8 heavy (non-hydrogen) atoms. The van der Waals surface area contributed by atoms with Crippen molar-refractivity contribution in [1.82, 2.24) is 0 Å². The van der Waals surface area contributed by atoms with E-state index >= 15 is 0 Å². The predicted molar refractivity (Wildman–Crippen MR) is 29.1 cm³/mol. The molecule has 1 aliphatic rings. The van der Waals surface area contributed by atoms with Crippen molar-refractivity contribution in [3.8, 4) is 12.5 Å². The van der Waals surface area contributed by atoms with Gasteiger partial charge in [0, 0.05) is 6.42 Å². The van der Waals surface area contributed by atoms with Crippen LogP contribution in [0.2, 0.25) is 0 Å². The Morgan fingerprint density at radius 1 is 1.75 bits per heavy atom. The molecule has 1 atom stereocenters. The summed E-state index contributed by atoms with van der Waals surface area (Å²) in [5.41, 5.74) is 0. The Bertz CT molecular complexity index is 97.6. The predicted octanol–water partition coefficient (Wildman–Crippen LogP) is 0.383. The number of ether oxygens (including phenoxy) is 2. The van der Waals surface area contributed by atoms with Crippen LogP contribution >= 0.6 is 0 Å². The van der Waals surface area contributed by atoms with E-state index in [0.717, 1.165) is 13.0 Å². The van der Waals surface area contributed by atoms with Crippen LogP contribution in [0.15, 0.2) is 0 Å². The van der Waals surface area contributed by atoms with Crippen molar-refractivity contribution in [3.05, 3.63) is 0 Å². The monoisotopic (exact) mass is 112 g/mol. The van der Waals surface area contributed by atoms with Crippen LogP contribution in [0.4, 0.5) is 0 Å². The normalized spacial score (nSPS) is 27.1. The first-order valence-corrected chi connectivity index (χ1v) is 2.62. The van der Waals surface area contributed by atoms with Gasteiger partial charge in [-0.1, -0.05) is 6.42 Å². The van der Waals surface area contributed by atoms with E-state index in [2.05, 4.69) is 6.11 Å². The quantitative estimate of drug-likeness (QED) is 0.456. The van der Waals surface area contributed by atoms with Gasteiger partial charge in [-0.2, -0.15) is 0 Å². The van der Waals surface area contributed by atoms with Gasteiger partial charge in [0.05, 0.1) is 13.2 Å². The Morgan fingerprint density at radius 2 is 2.62 bits per heavy atom. The maximum absolute atomic E-state index is 4.99. The molecule has 1 saturated heterocycles. The Hall–Kier alpha value is -0.680. The molecule has 1 fully saturated rings. The summed E-state index contributed by atoms with van der Waals surface area (Å²) in [6.07, 6.45) is 8.10. The topological polar surface area (TPSA) is 18.5 Å². The van der Waals surface area contributed by atoms with Crippen LogP contribution in [0.5, 0.6) is 0 Å². The molecular formula is C6H8O2. The van der Waals surface area contributed by atoms with E-state index in [1.165, 1.54) is 0 Å². The first kappa shape index (κ1) is 5.46. The summed E-state index contributed by atoms with van der Waals surface area (Å²) in [6, 6.07) is 0. The lowest BCUT2D eigenvalue weighted by Gasteiger charge is -2.00. The van der Waals surface area contributed by atoms with Gasteiger partial charge in [0.15, 0.2) is 0 Å². The fraction of sp³-hybridized carbons (Fsp3) is 0.667. The minimum Gasteiger partial charge on any atom is -0.441 e. The van der Waals surface area contributed by atoms with Crippen molar-refractivity contribution in [2.24, 2.45) is 0 Å². The van der Waals surface area contributed by atoms with Gasteiger partial charge in [-0.25, -0.2) is 0 Å². The van der Waals surface area contributed by atoms with Crippen molar-refractivity contribution in [1.29, 1.82) is 0 Å². The van der Waals surface area contributed by atoms with E-state index in [-0.39, 0.29) is 6.10 Å². The van der Waals surface area contributed by atoms with Gasteiger partial charge >= 0.3 is 0 Å². The van der Waals surface area contributed by atoms with E-state index in [0.29, 0.717) is 6.61 Å². The molecular weight excluding hydrogens is 104 g/mol. The molecule has 0 aromatic carbocycles. The fourth-order valence-corrected chi connectivity index (χ4v) is 0.702. The third-order valence-electron chi connectivity index (χ3n) is 1.12. The first-order chi connectivity index (χ1) is 3.93. The molecule has 0 bridgehead atoms. The minimum absolute atomic E-state index is 0.153. The van der Waals surface area contributed by atoms with E-state index < -0.39 is 0 Å². The molecule has 2 nitrogen and oxygen atoms in total. The lowest BCUT2D eigenvalue weighted by atomic mass is 10.3. The third kappa shape index (κ3) is 1.14. The Labute approximate surface area is 48.8 Å². The number of terminal acetylenes is 1. The summed E-state index contributed by atoms with van der Waals surface area (Å²) in [7, 11) is 0. The molecule has 44 valence electrons. The summed E-state index contributed by atoms with van der Waals surface area (Å²) >= 11 is 0. The smallest absolute Gasteiger partial charge is 0.136 e. The fourth-order valence-electron chi connectivity index (χ4n) is 0.702. The molecule has 0 spiro atoms. The zero-order valence-electron chi connectivity index (χ0n) is 4.59. The summed E-state index contributed by atoms with van der Waals surface area (Å²) in [6.45, 7) is 1.44. The van der Waals surface area contributed by atoms with Crippen molar-refractivity contribution in [3.63, 3.8) is 0 Å². The molecule has 0 aromatic rings.